The maximum absolute atomic E-state index is 5.88. The minimum Gasteiger partial charge on any atom is -0.328 e. The van der Waals surface area contributed by atoms with Gasteiger partial charge in [-0.05, 0) is 45.6 Å². The van der Waals surface area contributed by atoms with Gasteiger partial charge in [0, 0.05) is 10.9 Å². The molecule has 0 spiro atoms. The zero-order chi connectivity index (χ0) is 10.8. The van der Waals surface area contributed by atoms with Crippen molar-refractivity contribution < 1.29 is 0 Å². The van der Waals surface area contributed by atoms with Crippen LogP contribution in [0.3, 0.4) is 0 Å². The average Bonchev–Trinajstić information content (AvgIpc) is 2.50. The molecule has 1 heterocycles. The lowest BCUT2D eigenvalue weighted by Crippen LogP contribution is -2.23. The summed E-state index contributed by atoms with van der Waals surface area (Å²) in [6, 6.07) is 0.418. The van der Waals surface area contributed by atoms with Gasteiger partial charge in [-0.3, -0.25) is 0 Å². The number of aryl methyl sites for hydroxylation is 2. The average molecular weight is 222 g/mol. The Bertz CT molecular complexity index is 349. The van der Waals surface area contributed by atoms with Gasteiger partial charge in [0.05, 0.1) is 5.69 Å². The van der Waals surface area contributed by atoms with Crippen LogP contribution in [-0.2, 0) is 0 Å². The van der Waals surface area contributed by atoms with Gasteiger partial charge >= 0.3 is 0 Å². The molecule has 0 aliphatic heterocycles. The van der Waals surface area contributed by atoms with E-state index in [1.807, 2.05) is 0 Å². The summed E-state index contributed by atoms with van der Waals surface area (Å²) in [6.07, 6.45) is 6.83. The fraction of sp³-hybridized carbons (Fsp3) is 0.583. The molecule has 1 aliphatic rings. The number of nitrogens with zero attached hydrogens (tertiary/aromatic N) is 1. The van der Waals surface area contributed by atoms with E-state index in [4.69, 9.17) is 5.73 Å². The Morgan fingerprint density at radius 3 is 2.53 bits per heavy atom. The highest BCUT2D eigenvalue weighted by Crippen LogP contribution is 2.26. The molecular weight excluding hydrogens is 204 g/mol. The first-order chi connectivity index (χ1) is 7.15. The number of nitrogens with two attached hydrogens (primary N) is 1. The molecule has 3 heteroatoms. The van der Waals surface area contributed by atoms with E-state index in [0.29, 0.717) is 6.04 Å². The molecule has 2 rings (SSSR count). The molecule has 82 valence electrons. The van der Waals surface area contributed by atoms with Crippen LogP contribution in [0.1, 0.15) is 41.3 Å². The zero-order valence-corrected chi connectivity index (χ0v) is 10.2. The molecule has 0 aromatic carbocycles. The van der Waals surface area contributed by atoms with Crippen molar-refractivity contribution in [1.29, 1.82) is 0 Å². The summed E-state index contributed by atoms with van der Waals surface area (Å²) < 4.78 is 0. The van der Waals surface area contributed by atoms with Crippen molar-refractivity contribution >= 4 is 17.4 Å². The first-order valence-corrected chi connectivity index (χ1v) is 6.36. The molecule has 1 saturated carbocycles. The quantitative estimate of drug-likeness (QED) is 0.793. The van der Waals surface area contributed by atoms with E-state index in [2.05, 4.69) is 24.9 Å². The molecule has 0 radical (unpaired) electrons. The van der Waals surface area contributed by atoms with Crippen LogP contribution in [-0.4, -0.2) is 11.0 Å². The van der Waals surface area contributed by atoms with Crippen molar-refractivity contribution in [2.45, 2.75) is 45.6 Å². The van der Waals surface area contributed by atoms with Gasteiger partial charge < -0.3 is 5.73 Å². The maximum atomic E-state index is 5.88. The minimum absolute atomic E-state index is 0.418. The molecule has 15 heavy (non-hydrogen) atoms. The molecule has 0 atom stereocenters. The molecule has 1 aromatic rings. The highest BCUT2D eigenvalue weighted by molar-refractivity contribution is 7.12. The van der Waals surface area contributed by atoms with Crippen LogP contribution in [0.4, 0.5) is 0 Å². The monoisotopic (exact) mass is 222 g/mol. The van der Waals surface area contributed by atoms with Crippen LogP contribution in [0.5, 0.6) is 0 Å². The molecule has 2 N–H and O–H groups in total. The Balaban J connectivity index is 2.09. The third-order valence-corrected chi connectivity index (χ3v) is 4.07. The van der Waals surface area contributed by atoms with Crippen molar-refractivity contribution in [3.05, 3.63) is 21.2 Å². The summed E-state index contributed by atoms with van der Waals surface area (Å²) in [4.78, 5) is 5.86. The molecule has 1 aliphatic carbocycles. The summed E-state index contributed by atoms with van der Waals surface area (Å²) in [5.74, 6) is 0. The lowest BCUT2D eigenvalue weighted by atomic mass is 9.91. The Hall–Kier alpha value is -0.670. The first kappa shape index (κ1) is 10.8. The van der Waals surface area contributed by atoms with E-state index in [1.165, 1.54) is 16.1 Å². The molecule has 0 saturated heterocycles. The van der Waals surface area contributed by atoms with E-state index < -0.39 is 0 Å². The van der Waals surface area contributed by atoms with Crippen molar-refractivity contribution in [3.63, 3.8) is 0 Å². The SMILES string of the molecule is Cc1nc(C=C2CCC(N)CC2)sc1C. The van der Waals surface area contributed by atoms with E-state index in [0.717, 1.165) is 30.7 Å². The van der Waals surface area contributed by atoms with Crippen LogP contribution in [0, 0.1) is 13.8 Å². The predicted molar refractivity (Wildman–Crippen MR) is 66.0 cm³/mol. The Morgan fingerprint density at radius 1 is 1.33 bits per heavy atom. The fourth-order valence-corrected chi connectivity index (χ4v) is 2.80. The summed E-state index contributed by atoms with van der Waals surface area (Å²) in [6.45, 7) is 4.20. The standard InChI is InChI=1S/C12H18N2S/c1-8-9(2)15-12(14-8)7-10-3-5-11(13)6-4-10/h7,11H,3-6,13H2,1-2H3. The largest absolute Gasteiger partial charge is 0.328 e. The topological polar surface area (TPSA) is 38.9 Å². The first-order valence-electron chi connectivity index (χ1n) is 5.54. The lowest BCUT2D eigenvalue weighted by molar-refractivity contribution is 0.514. The number of hydrogen-bond donors (Lipinski definition) is 1. The molecular formula is C12H18N2S. The number of thiazole rings is 1. The lowest BCUT2D eigenvalue weighted by Gasteiger charge is -2.19. The van der Waals surface area contributed by atoms with E-state index in [9.17, 15) is 0 Å². The summed E-state index contributed by atoms with van der Waals surface area (Å²) in [7, 11) is 0. The van der Waals surface area contributed by atoms with Gasteiger partial charge in [0.25, 0.3) is 0 Å². The van der Waals surface area contributed by atoms with Gasteiger partial charge in [-0.25, -0.2) is 4.98 Å². The molecule has 0 amide bonds. The van der Waals surface area contributed by atoms with Crippen molar-refractivity contribution in [3.8, 4) is 0 Å². The van der Waals surface area contributed by atoms with Crippen LogP contribution >= 0.6 is 11.3 Å². The van der Waals surface area contributed by atoms with E-state index in [1.54, 1.807) is 11.3 Å². The summed E-state index contributed by atoms with van der Waals surface area (Å²) in [5.41, 5.74) is 8.56. The number of rotatable bonds is 1. The van der Waals surface area contributed by atoms with Crippen molar-refractivity contribution in [2.75, 3.05) is 0 Å². The second-order valence-corrected chi connectivity index (χ2v) is 5.57. The van der Waals surface area contributed by atoms with Gasteiger partial charge in [0.15, 0.2) is 0 Å². The summed E-state index contributed by atoms with van der Waals surface area (Å²) >= 11 is 1.79. The normalized spacial score (nSPS) is 21.8. The molecule has 0 unspecified atom stereocenters. The molecule has 1 aromatic heterocycles. The molecule has 1 fully saturated rings. The van der Waals surface area contributed by atoms with Crippen molar-refractivity contribution in [1.82, 2.24) is 4.98 Å². The van der Waals surface area contributed by atoms with Crippen LogP contribution < -0.4 is 5.73 Å². The van der Waals surface area contributed by atoms with E-state index in [-0.39, 0.29) is 0 Å². The third kappa shape index (κ3) is 2.67. The second-order valence-electron chi connectivity index (χ2n) is 4.33. The number of aromatic nitrogens is 1. The minimum atomic E-state index is 0.418. The number of hydrogen-bond acceptors (Lipinski definition) is 3. The zero-order valence-electron chi connectivity index (χ0n) is 9.42. The van der Waals surface area contributed by atoms with Crippen LogP contribution in [0.2, 0.25) is 0 Å². The van der Waals surface area contributed by atoms with Crippen LogP contribution in [0.15, 0.2) is 5.57 Å². The summed E-state index contributed by atoms with van der Waals surface area (Å²) in [5, 5.41) is 1.16. The highest BCUT2D eigenvalue weighted by atomic mass is 32.1. The molecule has 0 bridgehead atoms. The maximum Gasteiger partial charge on any atom is 0.116 e. The third-order valence-electron chi connectivity index (χ3n) is 3.05. The smallest absolute Gasteiger partial charge is 0.116 e. The Kier molecular flexibility index (Phi) is 3.22. The van der Waals surface area contributed by atoms with Crippen molar-refractivity contribution in [2.24, 2.45) is 5.73 Å². The van der Waals surface area contributed by atoms with Gasteiger partial charge in [-0.1, -0.05) is 5.57 Å². The Morgan fingerprint density at radius 2 is 2.00 bits per heavy atom. The van der Waals surface area contributed by atoms with Crippen LogP contribution in [0.25, 0.3) is 6.08 Å². The fourth-order valence-electron chi connectivity index (χ4n) is 1.89. The Labute approximate surface area is 95.2 Å². The van der Waals surface area contributed by atoms with E-state index >= 15 is 0 Å². The molecule has 2 nitrogen and oxygen atoms in total. The predicted octanol–water partition coefficient (Wildman–Crippen LogP) is 3.04. The van der Waals surface area contributed by atoms with Gasteiger partial charge in [-0.15, -0.1) is 11.3 Å². The van der Waals surface area contributed by atoms with Gasteiger partial charge in [0.1, 0.15) is 5.01 Å². The van der Waals surface area contributed by atoms with Gasteiger partial charge in [-0.2, -0.15) is 0 Å². The highest BCUT2D eigenvalue weighted by Gasteiger charge is 2.13. The second kappa shape index (κ2) is 4.45. The number of allylic oxidation sites excluding steroid dienone is 1. The van der Waals surface area contributed by atoms with Gasteiger partial charge in [0.2, 0.25) is 0 Å².